The maximum atomic E-state index is 11.7. The number of aldehydes is 1. The minimum atomic E-state index is -0.666. The lowest BCUT2D eigenvalue weighted by Crippen LogP contribution is -2.28. The van der Waals surface area contributed by atoms with Crippen LogP contribution in [-0.2, 0) is 19.1 Å². The van der Waals surface area contributed by atoms with Crippen LogP contribution in [0, 0.1) is 11.8 Å². The SMILES string of the molecule is COC(=O)[C@@H](CC=O)[C@@H](C)C(=O)SC(C)C. The van der Waals surface area contributed by atoms with Gasteiger partial charge in [-0.3, -0.25) is 9.59 Å². The smallest absolute Gasteiger partial charge is 0.309 e. The Hall–Kier alpha value is -0.840. The van der Waals surface area contributed by atoms with E-state index in [1.165, 1.54) is 18.9 Å². The molecule has 0 spiro atoms. The maximum Gasteiger partial charge on any atom is 0.309 e. The first-order valence-corrected chi connectivity index (χ1v) is 6.04. The van der Waals surface area contributed by atoms with Crippen LogP contribution in [0.1, 0.15) is 27.2 Å². The Morgan fingerprint density at radius 3 is 2.25 bits per heavy atom. The third-order valence-corrected chi connectivity index (χ3v) is 3.26. The van der Waals surface area contributed by atoms with E-state index in [4.69, 9.17) is 0 Å². The molecule has 2 atom stereocenters. The number of carbonyl (C=O) groups excluding carboxylic acids is 3. The van der Waals surface area contributed by atoms with Crippen LogP contribution >= 0.6 is 11.8 Å². The van der Waals surface area contributed by atoms with Gasteiger partial charge in [0.05, 0.1) is 13.0 Å². The molecule has 0 aromatic carbocycles. The third kappa shape index (κ3) is 4.79. The van der Waals surface area contributed by atoms with Crippen molar-refractivity contribution in [2.75, 3.05) is 7.11 Å². The highest BCUT2D eigenvalue weighted by atomic mass is 32.2. The molecule has 0 fully saturated rings. The first kappa shape index (κ1) is 15.2. The number of thioether (sulfide) groups is 1. The van der Waals surface area contributed by atoms with Gasteiger partial charge >= 0.3 is 5.97 Å². The van der Waals surface area contributed by atoms with Gasteiger partial charge < -0.3 is 9.53 Å². The second-order valence-corrected chi connectivity index (χ2v) is 5.39. The van der Waals surface area contributed by atoms with Crippen LogP contribution in [0.25, 0.3) is 0 Å². The number of hydrogen-bond acceptors (Lipinski definition) is 5. The Balaban J connectivity index is 4.59. The summed E-state index contributed by atoms with van der Waals surface area (Å²) in [5.41, 5.74) is 0. The van der Waals surface area contributed by atoms with Crippen molar-refractivity contribution in [2.24, 2.45) is 11.8 Å². The van der Waals surface area contributed by atoms with Crippen LogP contribution < -0.4 is 0 Å². The molecule has 0 N–H and O–H groups in total. The zero-order valence-electron chi connectivity index (χ0n) is 10.1. The predicted octanol–water partition coefficient (Wildman–Crippen LogP) is 1.67. The molecule has 0 rings (SSSR count). The topological polar surface area (TPSA) is 60.4 Å². The highest BCUT2D eigenvalue weighted by molar-refractivity contribution is 8.14. The summed E-state index contributed by atoms with van der Waals surface area (Å²) in [7, 11) is 1.26. The van der Waals surface area contributed by atoms with E-state index in [9.17, 15) is 14.4 Å². The molecule has 0 aromatic heterocycles. The number of carbonyl (C=O) groups is 3. The van der Waals surface area contributed by atoms with Gasteiger partial charge in [-0.2, -0.15) is 0 Å². The predicted molar refractivity (Wildman–Crippen MR) is 63.1 cm³/mol. The molecule has 5 heteroatoms. The quantitative estimate of drug-likeness (QED) is 0.527. The summed E-state index contributed by atoms with van der Waals surface area (Å²) in [6.07, 6.45) is 0.670. The minimum absolute atomic E-state index is 0.0260. The van der Waals surface area contributed by atoms with Crippen LogP contribution in [-0.4, -0.2) is 29.7 Å². The zero-order chi connectivity index (χ0) is 12.7. The molecular formula is C11H18O4S. The van der Waals surface area contributed by atoms with E-state index in [0.717, 1.165) is 0 Å². The van der Waals surface area contributed by atoms with E-state index in [-0.39, 0.29) is 16.8 Å². The van der Waals surface area contributed by atoms with Crippen molar-refractivity contribution in [3.63, 3.8) is 0 Å². The number of methoxy groups -OCH3 is 1. The molecule has 0 radical (unpaired) electrons. The van der Waals surface area contributed by atoms with Crippen molar-refractivity contribution in [2.45, 2.75) is 32.4 Å². The molecule has 0 unspecified atom stereocenters. The van der Waals surface area contributed by atoms with Crippen molar-refractivity contribution in [1.29, 1.82) is 0 Å². The molecule has 0 aliphatic carbocycles. The lowest BCUT2D eigenvalue weighted by molar-refractivity contribution is -0.149. The molecule has 0 heterocycles. The fourth-order valence-electron chi connectivity index (χ4n) is 1.26. The molecule has 0 saturated heterocycles. The molecule has 0 aliphatic rings. The van der Waals surface area contributed by atoms with Gasteiger partial charge in [-0.05, 0) is 0 Å². The number of ether oxygens (including phenoxy) is 1. The van der Waals surface area contributed by atoms with Gasteiger partial charge in [0.25, 0.3) is 0 Å². The van der Waals surface area contributed by atoms with E-state index in [1.54, 1.807) is 6.92 Å². The van der Waals surface area contributed by atoms with Crippen LogP contribution in [0.15, 0.2) is 0 Å². The molecule has 4 nitrogen and oxygen atoms in total. The van der Waals surface area contributed by atoms with E-state index < -0.39 is 17.8 Å². The minimum Gasteiger partial charge on any atom is -0.469 e. The fraction of sp³-hybridized carbons (Fsp3) is 0.727. The average molecular weight is 246 g/mol. The van der Waals surface area contributed by atoms with Crippen molar-refractivity contribution in [1.82, 2.24) is 0 Å². The summed E-state index contributed by atoms with van der Waals surface area (Å²) < 4.78 is 4.58. The van der Waals surface area contributed by atoms with E-state index >= 15 is 0 Å². The highest BCUT2D eigenvalue weighted by Crippen LogP contribution is 2.24. The number of hydrogen-bond donors (Lipinski definition) is 0. The summed E-state index contributed by atoms with van der Waals surface area (Å²) in [6.45, 7) is 5.47. The van der Waals surface area contributed by atoms with Crippen LogP contribution in [0.5, 0.6) is 0 Å². The Labute approximate surface area is 100 Å². The molecule has 0 aromatic rings. The van der Waals surface area contributed by atoms with E-state index in [2.05, 4.69) is 4.74 Å². The van der Waals surface area contributed by atoms with Gasteiger partial charge in [0.15, 0.2) is 5.12 Å². The fourth-order valence-corrected chi connectivity index (χ4v) is 2.11. The van der Waals surface area contributed by atoms with Crippen LogP contribution in [0.3, 0.4) is 0 Å². The lowest BCUT2D eigenvalue weighted by Gasteiger charge is -2.18. The summed E-state index contributed by atoms with van der Waals surface area (Å²) >= 11 is 1.18. The van der Waals surface area contributed by atoms with Gasteiger partial charge in [0, 0.05) is 17.6 Å². The van der Waals surface area contributed by atoms with Crippen molar-refractivity contribution < 1.29 is 19.1 Å². The Kier molecular flexibility index (Phi) is 7.05. The molecule has 0 amide bonds. The maximum absolute atomic E-state index is 11.7. The van der Waals surface area contributed by atoms with Gasteiger partial charge in [-0.1, -0.05) is 32.5 Å². The molecule has 92 valence electrons. The summed E-state index contributed by atoms with van der Waals surface area (Å²) in [4.78, 5) is 33.6. The highest BCUT2D eigenvalue weighted by Gasteiger charge is 2.31. The van der Waals surface area contributed by atoms with Crippen molar-refractivity contribution in [3.8, 4) is 0 Å². The Bertz CT molecular complexity index is 263. The zero-order valence-corrected chi connectivity index (χ0v) is 10.9. The van der Waals surface area contributed by atoms with Crippen LogP contribution in [0.2, 0.25) is 0 Å². The number of rotatable bonds is 6. The lowest BCUT2D eigenvalue weighted by atomic mass is 9.92. The van der Waals surface area contributed by atoms with E-state index in [0.29, 0.717) is 6.29 Å². The molecular weight excluding hydrogens is 228 g/mol. The Morgan fingerprint density at radius 2 is 1.88 bits per heavy atom. The Morgan fingerprint density at radius 1 is 1.31 bits per heavy atom. The summed E-state index contributed by atoms with van der Waals surface area (Å²) in [6, 6.07) is 0. The second-order valence-electron chi connectivity index (χ2n) is 3.81. The second kappa shape index (κ2) is 7.44. The average Bonchev–Trinajstić information content (AvgIpc) is 2.23. The normalized spacial score (nSPS) is 14.3. The molecule has 0 aliphatic heterocycles. The summed E-state index contributed by atoms with van der Waals surface area (Å²) in [5.74, 6) is -1.66. The largest absolute Gasteiger partial charge is 0.469 e. The number of esters is 1. The van der Waals surface area contributed by atoms with Gasteiger partial charge in [0.1, 0.15) is 6.29 Å². The van der Waals surface area contributed by atoms with Gasteiger partial charge in [-0.15, -0.1) is 0 Å². The molecule has 16 heavy (non-hydrogen) atoms. The monoisotopic (exact) mass is 246 g/mol. The van der Waals surface area contributed by atoms with Crippen molar-refractivity contribution in [3.05, 3.63) is 0 Å². The molecule has 0 saturated carbocycles. The van der Waals surface area contributed by atoms with Crippen LogP contribution in [0.4, 0.5) is 0 Å². The standard InChI is InChI=1S/C11H18O4S/c1-7(2)16-11(14)8(3)9(5-6-12)10(13)15-4/h6-9H,5H2,1-4H3/t8-,9+/m1/s1. The first-order chi connectivity index (χ1) is 7.43. The van der Waals surface area contributed by atoms with Crippen molar-refractivity contribution >= 4 is 29.1 Å². The first-order valence-electron chi connectivity index (χ1n) is 5.16. The van der Waals surface area contributed by atoms with Gasteiger partial charge in [-0.25, -0.2) is 0 Å². The summed E-state index contributed by atoms with van der Waals surface area (Å²) in [5, 5.41) is 0.0942. The van der Waals surface area contributed by atoms with Gasteiger partial charge in [0.2, 0.25) is 0 Å². The van der Waals surface area contributed by atoms with E-state index in [1.807, 2.05) is 13.8 Å². The third-order valence-electron chi connectivity index (χ3n) is 2.18. The molecule has 0 bridgehead atoms.